The van der Waals surface area contributed by atoms with Crippen molar-refractivity contribution in [3.63, 3.8) is 0 Å². The number of aliphatic hydroxyl groups is 5. The molecule has 1 rings (SSSR count). The molecule has 10 nitrogen and oxygen atoms in total. The lowest BCUT2D eigenvalue weighted by molar-refractivity contribution is -0.231. The topological polar surface area (TPSA) is 177 Å². The number of hydrogen-bond acceptors (Lipinski definition) is 8. The molecule has 10 heteroatoms. The summed E-state index contributed by atoms with van der Waals surface area (Å²) in [6, 6.07) is -1.30. The third-order valence-electron chi connectivity index (χ3n) is 5.34. The van der Waals surface area contributed by atoms with Crippen LogP contribution in [0.5, 0.6) is 0 Å². The van der Waals surface area contributed by atoms with Gasteiger partial charge in [0.25, 0.3) is 0 Å². The van der Waals surface area contributed by atoms with E-state index in [9.17, 15) is 30.0 Å². The zero-order valence-electron chi connectivity index (χ0n) is 17.0. The summed E-state index contributed by atoms with van der Waals surface area (Å²) in [7, 11) is 0. The molecule has 168 valence electrons. The number of carbonyl (C=O) groups is 2. The summed E-state index contributed by atoms with van der Waals surface area (Å²) >= 11 is 0. The van der Waals surface area contributed by atoms with Crippen LogP contribution in [-0.2, 0) is 14.3 Å². The summed E-state index contributed by atoms with van der Waals surface area (Å²) < 4.78 is 5.69. The molecule has 0 aromatic carbocycles. The zero-order valence-corrected chi connectivity index (χ0v) is 17.0. The Morgan fingerprint density at radius 2 is 1.86 bits per heavy atom. The second-order valence-corrected chi connectivity index (χ2v) is 8.50. The number of carboxylic acid groups (broad SMARTS) is 1. The number of carbonyl (C=O) groups excluding carboxylic acids is 1. The molecule has 0 saturated carbocycles. The Labute approximate surface area is 169 Å². The summed E-state index contributed by atoms with van der Waals surface area (Å²) in [5, 5.41) is 61.0. The molecule has 1 aliphatic heterocycles. The Morgan fingerprint density at radius 3 is 2.31 bits per heavy atom. The molecule has 0 radical (unpaired) electrons. The number of nitrogens with one attached hydrogen (secondary N) is 1. The molecule has 0 aromatic rings. The van der Waals surface area contributed by atoms with Gasteiger partial charge in [0.1, 0.15) is 24.9 Å². The van der Waals surface area contributed by atoms with Crippen molar-refractivity contribution < 1.29 is 45.0 Å². The van der Waals surface area contributed by atoms with Crippen LogP contribution in [0.15, 0.2) is 12.2 Å². The van der Waals surface area contributed by atoms with Gasteiger partial charge in [-0.25, -0.2) is 4.79 Å². The van der Waals surface area contributed by atoms with Crippen molar-refractivity contribution in [2.75, 3.05) is 13.2 Å². The molecule has 0 aliphatic carbocycles. The monoisotopic (exact) mass is 419 g/mol. The first kappa shape index (κ1) is 25.5. The number of allylic oxidation sites excluding steroid dienone is 1. The molecule has 0 unspecified atom stereocenters. The lowest BCUT2D eigenvalue weighted by Gasteiger charge is -2.47. The van der Waals surface area contributed by atoms with Crippen molar-refractivity contribution in [2.45, 2.75) is 76.1 Å². The van der Waals surface area contributed by atoms with Crippen LogP contribution in [0.4, 0.5) is 0 Å². The van der Waals surface area contributed by atoms with Crippen molar-refractivity contribution in [3.05, 3.63) is 12.2 Å². The highest BCUT2D eigenvalue weighted by Crippen LogP contribution is 2.38. The Kier molecular flexibility index (Phi) is 8.75. The van der Waals surface area contributed by atoms with Gasteiger partial charge >= 0.3 is 5.97 Å². The zero-order chi connectivity index (χ0) is 22.6. The van der Waals surface area contributed by atoms with E-state index < -0.39 is 67.6 Å². The Bertz CT molecular complexity index is 603. The SMILES string of the molecule is C=C(CC[C@]1(C(=O)O)C[C@H](O)[C@@H](NC(=O)CO)[C@H]([C@H](O)[C@H](O)CO)O1)C(C)(C)C. The van der Waals surface area contributed by atoms with Crippen molar-refractivity contribution in [1.82, 2.24) is 5.32 Å². The van der Waals surface area contributed by atoms with Gasteiger partial charge in [-0.1, -0.05) is 32.9 Å². The number of hydrogen-bond donors (Lipinski definition) is 7. The van der Waals surface area contributed by atoms with Crippen LogP contribution in [0.25, 0.3) is 0 Å². The first-order valence-corrected chi connectivity index (χ1v) is 9.44. The molecule has 29 heavy (non-hydrogen) atoms. The van der Waals surface area contributed by atoms with Crippen LogP contribution in [-0.4, -0.2) is 91.8 Å². The normalized spacial score (nSPS) is 29.7. The highest BCUT2D eigenvalue weighted by molar-refractivity contribution is 5.79. The minimum Gasteiger partial charge on any atom is -0.479 e. The van der Waals surface area contributed by atoms with E-state index in [-0.39, 0.29) is 18.3 Å². The minimum absolute atomic E-state index is 0.0609. The van der Waals surface area contributed by atoms with Gasteiger partial charge in [-0.15, -0.1) is 0 Å². The lowest BCUT2D eigenvalue weighted by Crippen LogP contribution is -2.67. The maximum atomic E-state index is 12.1. The first-order valence-electron chi connectivity index (χ1n) is 9.44. The van der Waals surface area contributed by atoms with E-state index >= 15 is 0 Å². The van der Waals surface area contributed by atoms with Gasteiger partial charge < -0.3 is 40.7 Å². The number of aliphatic carboxylic acids is 1. The van der Waals surface area contributed by atoms with Crippen LogP contribution >= 0.6 is 0 Å². The third kappa shape index (κ3) is 6.21. The Hall–Kier alpha value is -1.56. The van der Waals surface area contributed by atoms with Gasteiger partial charge in [0.15, 0.2) is 5.60 Å². The number of carboxylic acids is 1. The molecule has 1 fully saturated rings. The maximum absolute atomic E-state index is 12.1. The molecular weight excluding hydrogens is 386 g/mol. The highest BCUT2D eigenvalue weighted by atomic mass is 16.6. The second-order valence-electron chi connectivity index (χ2n) is 8.50. The number of ether oxygens (including phenoxy) is 1. The van der Waals surface area contributed by atoms with E-state index in [1.54, 1.807) is 0 Å². The van der Waals surface area contributed by atoms with Gasteiger partial charge in [0.2, 0.25) is 5.91 Å². The van der Waals surface area contributed by atoms with E-state index in [0.29, 0.717) is 0 Å². The molecule has 1 heterocycles. The molecule has 0 aromatic heterocycles. The van der Waals surface area contributed by atoms with E-state index in [2.05, 4.69) is 11.9 Å². The van der Waals surface area contributed by atoms with Gasteiger partial charge in [-0.05, 0) is 18.3 Å². The largest absolute Gasteiger partial charge is 0.479 e. The molecular formula is C19H33NO9. The average Bonchev–Trinajstić information content (AvgIpc) is 2.65. The fraction of sp³-hybridized carbons (Fsp3) is 0.789. The predicted molar refractivity (Wildman–Crippen MR) is 102 cm³/mol. The fourth-order valence-electron chi connectivity index (χ4n) is 3.22. The van der Waals surface area contributed by atoms with Gasteiger partial charge in [-0.2, -0.15) is 0 Å². The summed E-state index contributed by atoms with van der Waals surface area (Å²) in [6.45, 7) is 7.98. The Balaban J connectivity index is 3.22. The van der Waals surface area contributed by atoms with Crippen molar-refractivity contribution in [2.24, 2.45) is 5.41 Å². The van der Waals surface area contributed by atoms with E-state index in [1.807, 2.05) is 20.8 Å². The smallest absolute Gasteiger partial charge is 0.336 e. The van der Waals surface area contributed by atoms with E-state index in [0.717, 1.165) is 5.57 Å². The van der Waals surface area contributed by atoms with Gasteiger partial charge in [-0.3, -0.25) is 4.79 Å². The highest BCUT2D eigenvalue weighted by Gasteiger charge is 2.54. The maximum Gasteiger partial charge on any atom is 0.336 e. The molecule has 7 N–H and O–H groups in total. The lowest BCUT2D eigenvalue weighted by atomic mass is 9.78. The summed E-state index contributed by atoms with van der Waals surface area (Å²) in [5.41, 5.74) is -1.43. The van der Waals surface area contributed by atoms with E-state index in [1.165, 1.54) is 0 Å². The van der Waals surface area contributed by atoms with Crippen molar-refractivity contribution >= 4 is 11.9 Å². The third-order valence-corrected chi connectivity index (χ3v) is 5.34. The summed E-state index contributed by atoms with van der Waals surface area (Å²) in [5.74, 6) is -2.25. The number of aliphatic hydroxyl groups excluding tert-OH is 5. The second kappa shape index (κ2) is 9.96. The quantitative estimate of drug-likeness (QED) is 0.220. The first-order chi connectivity index (χ1) is 13.3. The van der Waals surface area contributed by atoms with Crippen LogP contribution in [0.2, 0.25) is 0 Å². The van der Waals surface area contributed by atoms with Crippen LogP contribution < -0.4 is 5.32 Å². The van der Waals surface area contributed by atoms with Crippen LogP contribution in [0.1, 0.15) is 40.0 Å². The molecule has 1 saturated heterocycles. The number of rotatable bonds is 9. The molecule has 0 bridgehead atoms. The molecule has 0 spiro atoms. The average molecular weight is 419 g/mol. The van der Waals surface area contributed by atoms with Crippen molar-refractivity contribution in [1.29, 1.82) is 0 Å². The molecule has 1 amide bonds. The van der Waals surface area contributed by atoms with Crippen LogP contribution in [0.3, 0.4) is 0 Å². The van der Waals surface area contributed by atoms with E-state index in [4.69, 9.17) is 14.9 Å². The van der Waals surface area contributed by atoms with Crippen LogP contribution in [0, 0.1) is 5.41 Å². The number of amides is 1. The van der Waals surface area contributed by atoms with Crippen molar-refractivity contribution in [3.8, 4) is 0 Å². The minimum atomic E-state index is -1.91. The summed E-state index contributed by atoms with van der Waals surface area (Å²) in [4.78, 5) is 23.7. The van der Waals surface area contributed by atoms with Gasteiger partial charge in [0.05, 0.1) is 18.8 Å². The molecule has 6 atom stereocenters. The van der Waals surface area contributed by atoms with Gasteiger partial charge in [0, 0.05) is 6.42 Å². The molecule has 1 aliphatic rings. The predicted octanol–water partition coefficient (Wildman–Crippen LogP) is -1.47. The fourth-order valence-corrected chi connectivity index (χ4v) is 3.22. The standard InChI is InChI=1S/C19H33NO9/c1-10(18(2,3)4)5-6-19(17(27)28)7-11(23)14(20-13(25)9-22)16(29-19)15(26)12(24)8-21/h11-12,14-16,21-24,26H,1,5-9H2,2-4H3,(H,20,25)(H,27,28)/t11-,12+,14+,15+,16+,19+/m0/s1. The summed E-state index contributed by atoms with van der Waals surface area (Å²) in [6.07, 6.45) is -6.69. The Morgan fingerprint density at radius 1 is 1.28 bits per heavy atom.